The van der Waals surface area contributed by atoms with Crippen molar-refractivity contribution in [2.24, 2.45) is 0 Å². The molecule has 1 aliphatic rings. The number of hydrogen-bond acceptors (Lipinski definition) is 3. The van der Waals surface area contributed by atoms with Crippen LogP contribution in [0.4, 0.5) is 0 Å². The topological polar surface area (TPSA) is 36.4 Å². The Hall–Kier alpha value is -1.13. The van der Waals surface area contributed by atoms with E-state index in [9.17, 15) is 4.79 Å². The third-order valence-corrected chi connectivity index (χ3v) is 3.92. The third kappa shape index (κ3) is 4.76. The number of alkyl halides is 1. The third-order valence-electron chi connectivity index (χ3n) is 3.65. The van der Waals surface area contributed by atoms with Gasteiger partial charge < -0.3 is 4.90 Å². The molecule has 1 aromatic rings. The Morgan fingerprint density at radius 1 is 1.15 bits per heavy atom. The van der Waals surface area contributed by atoms with Crippen LogP contribution in [-0.4, -0.2) is 52.8 Å². The molecule has 1 fully saturated rings. The lowest BCUT2D eigenvalue weighted by atomic mass is 10.2. The summed E-state index contributed by atoms with van der Waals surface area (Å²) >= 11 is 5.63. The second-order valence-corrected chi connectivity index (χ2v) is 5.54. The van der Waals surface area contributed by atoms with Crippen LogP contribution in [0, 0.1) is 0 Å². The molecule has 0 aromatic carbocycles. The Bertz CT molecular complexity index is 405. The average Bonchev–Trinajstić information content (AvgIpc) is 2.49. The van der Waals surface area contributed by atoms with E-state index in [0.29, 0.717) is 12.3 Å². The van der Waals surface area contributed by atoms with E-state index in [0.717, 1.165) is 45.6 Å². The van der Waals surface area contributed by atoms with E-state index in [1.54, 1.807) is 0 Å². The van der Waals surface area contributed by atoms with Gasteiger partial charge in [0.2, 0.25) is 5.91 Å². The highest BCUT2D eigenvalue weighted by Gasteiger charge is 2.20. The predicted molar refractivity (Wildman–Crippen MR) is 80.7 cm³/mol. The Balaban J connectivity index is 1.71. The Labute approximate surface area is 125 Å². The van der Waals surface area contributed by atoms with Crippen LogP contribution in [0.2, 0.25) is 0 Å². The molecule has 5 heteroatoms. The van der Waals surface area contributed by atoms with Crippen LogP contribution >= 0.6 is 11.6 Å². The Morgan fingerprint density at radius 2 is 1.85 bits per heavy atom. The lowest BCUT2D eigenvalue weighted by Crippen LogP contribution is -2.48. The van der Waals surface area contributed by atoms with Gasteiger partial charge in [0.15, 0.2) is 0 Å². The molecule has 2 rings (SSSR count). The van der Waals surface area contributed by atoms with Crippen molar-refractivity contribution < 1.29 is 4.79 Å². The van der Waals surface area contributed by atoms with Gasteiger partial charge in [-0.3, -0.25) is 14.7 Å². The summed E-state index contributed by atoms with van der Waals surface area (Å²) in [6, 6.07) is 4.09. The molecule has 0 saturated carbocycles. The van der Waals surface area contributed by atoms with E-state index >= 15 is 0 Å². The van der Waals surface area contributed by atoms with Crippen molar-refractivity contribution in [1.29, 1.82) is 0 Å². The molecule has 0 atom stereocenters. The minimum absolute atomic E-state index is 0.277. The Morgan fingerprint density at radius 3 is 2.50 bits per heavy atom. The average molecular weight is 296 g/mol. The number of carbonyl (C=O) groups excluding carboxylic acids is 1. The number of nitrogens with zero attached hydrogens (tertiary/aromatic N) is 3. The number of carbonyl (C=O) groups is 1. The van der Waals surface area contributed by atoms with E-state index in [-0.39, 0.29) is 5.91 Å². The maximum Gasteiger partial charge on any atom is 0.222 e. The minimum Gasteiger partial charge on any atom is -0.340 e. The quantitative estimate of drug-likeness (QED) is 0.596. The molecule has 1 amide bonds. The lowest BCUT2D eigenvalue weighted by molar-refractivity contribution is -0.133. The Kier molecular flexibility index (Phi) is 6.27. The van der Waals surface area contributed by atoms with Crippen molar-refractivity contribution in [1.82, 2.24) is 14.8 Å². The first-order valence-corrected chi connectivity index (χ1v) is 7.78. The summed E-state index contributed by atoms with van der Waals surface area (Å²) in [6.07, 6.45) is 6.11. The molecule has 1 aromatic heterocycles. The van der Waals surface area contributed by atoms with Crippen LogP contribution in [0.15, 0.2) is 24.5 Å². The number of aromatic nitrogens is 1. The zero-order valence-corrected chi connectivity index (χ0v) is 12.6. The van der Waals surface area contributed by atoms with Crippen molar-refractivity contribution >= 4 is 17.5 Å². The van der Waals surface area contributed by atoms with E-state index in [1.165, 1.54) is 5.56 Å². The smallest absolute Gasteiger partial charge is 0.222 e. The molecule has 20 heavy (non-hydrogen) atoms. The minimum atomic E-state index is 0.277. The summed E-state index contributed by atoms with van der Waals surface area (Å²) in [5, 5.41) is 0. The van der Waals surface area contributed by atoms with Gasteiger partial charge in [0.05, 0.1) is 0 Å². The zero-order chi connectivity index (χ0) is 14.2. The fourth-order valence-electron chi connectivity index (χ4n) is 2.43. The van der Waals surface area contributed by atoms with Gasteiger partial charge in [0.1, 0.15) is 0 Å². The molecule has 0 bridgehead atoms. The SMILES string of the molecule is O=C(CCCCCl)N1CCN(Cc2ccncc2)CC1. The summed E-state index contributed by atoms with van der Waals surface area (Å²) in [5.74, 6) is 0.922. The van der Waals surface area contributed by atoms with Crippen LogP contribution in [0.3, 0.4) is 0 Å². The van der Waals surface area contributed by atoms with Gasteiger partial charge in [-0.15, -0.1) is 11.6 Å². The van der Waals surface area contributed by atoms with Crippen molar-refractivity contribution in [3.8, 4) is 0 Å². The van der Waals surface area contributed by atoms with Gasteiger partial charge in [-0.2, -0.15) is 0 Å². The first-order chi connectivity index (χ1) is 9.79. The second-order valence-electron chi connectivity index (χ2n) is 5.16. The molecule has 0 aliphatic carbocycles. The van der Waals surface area contributed by atoms with Crippen molar-refractivity contribution in [2.75, 3.05) is 32.1 Å². The number of amides is 1. The number of rotatable bonds is 6. The zero-order valence-electron chi connectivity index (χ0n) is 11.8. The van der Waals surface area contributed by atoms with Gasteiger partial charge in [-0.05, 0) is 30.5 Å². The normalized spacial score (nSPS) is 16.4. The maximum absolute atomic E-state index is 12.0. The molecule has 1 aliphatic heterocycles. The van der Waals surface area contributed by atoms with Crippen molar-refractivity contribution in [3.05, 3.63) is 30.1 Å². The summed E-state index contributed by atoms with van der Waals surface area (Å²) in [4.78, 5) is 20.4. The van der Waals surface area contributed by atoms with Gasteiger partial charge in [0.25, 0.3) is 0 Å². The molecule has 0 unspecified atom stereocenters. The number of pyridine rings is 1. The van der Waals surface area contributed by atoms with Gasteiger partial charge in [-0.25, -0.2) is 0 Å². The summed E-state index contributed by atoms with van der Waals surface area (Å²) in [7, 11) is 0. The largest absolute Gasteiger partial charge is 0.340 e. The summed E-state index contributed by atoms with van der Waals surface area (Å²) in [5.41, 5.74) is 1.28. The molecule has 0 spiro atoms. The van der Waals surface area contributed by atoms with Crippen LogP contribution in [0.25, 0.3) is 0 Å². The number of halogens is 1. The standard InChI is InChI=1S/C15H22ClN3O/c16-6-2-1-3-15(20)19-11-9-18(10-12-19)13-14-4-7-17-8-5-14/h4-5,7-8H,1-3,6,9-13H2. The first-order valence-electron chi connectivity index (χ1n) is 7.24. The summed E-state index contributed by atoms with van der Waals surface area (Å²) in [6.45, 7) is 4.51. The molecule has 4 nitrogen and oxygen atoms in total. The highest BCUT2D eigenvalue weighted by atomic mass is 35.5. The van der Waals surface area contributed by atoms with Crippen molar-refractivity contribution in [2.45, 2.75) is 25.8 Å². The molecule has 2 heterocycles. The van der Waals surface area contributed by atoms with Crippen LogP contribution in [0.1, 0.15) is 24.8 Å². The van der Waals surface area contributed by atoms with Crippen molar-refractivity contribution in [3.63, 3.8) is 0 Å². The van der Waals surface area contributed by atoms with Crippen LogP contribution < -0.4 is 0 Å². The van der Waals surface area contributed by atoms with Crippen LogP contribution in [-0.2, 0) is 11.3 Å². The van der Waals surface area contributed by atoms with E-state index < -0.39 is 0 Å². The number of hydrogen-bond donors (Lipinski definition) is 0. The molecular formula is C15H22ClN3O. The highest BCUT2D eigenvalue weighted by Crippen LogP contribution is 2.10. The highest BCUT2D eigenvalue weighted by molar-refractivity contribution is 6.17. The molecule has 0 N–H and O–H groups in total. The monoisotopic (exact) mass is 295 g/mol. The molecule has 1 saturated heterocycles. The van der Waals surface area contributed by atoms with Gasteiger partial charge in [-0.1, -0.05) is 0 Å². The number of piperazine rings is 1. The summed E-state index contributed by atoms with van der Waals surface area (Å²) < 4.78 is 0. The van der Waals surface area contributed by atoms with E-state index in [2.05, 4.69) is 9.88 Å². The molecule has 0 radical (unpaired) electrons. The van der Waals surface area contributed by atoms with E-state index in [1.807, 2.05) is 29.4 Å². The second kappa shape index (κ2) is 8.22. The first kappa shape index (κ1) is 15.3. The fraction of sp³-hybridized carbons (Fsp3) is 0.600. The molecular weight excluding hydrogens is 274 g/mol. The van der Waals surface area contributed by atoms with Crippen LogP contribution in [0.5, 0.6) is 0 Å². The van der Waals surface area contributed by atoms with E-state index in [4.69, 9.17) is 11.6 Å². The molecule has 110 valence electrons. The number of unbranched alkanes of at least 4 members (excludes halogenated alkanes) is 1. The fourth-order valence-corrected chi connectivity index (χ4v) is 2.62. The van der Waals surface area contributed by atoms with Gasteiger partial charge >= 0.3 is 0 Å². The predicted octanol–water partition coefficient (Wildman–Crippen LogP) is 2.13. The lowest BCUT2D eigenvalue weighted by Gasteiger charge is -2.34. The maximum atomic E-state index is 12.0. The van der Waals surface area contributed by atoms with Gasteiger partial charge in [0, 0.05) is 57.4 Å².